The van der Waals surface area contributed by atoms with E-state index in [1.165, 1.54) is 0 Å². The van der Waals surface area contributed by atoms with Crippen molar-refractivity contribution in [2.75, 3.05) is 32.6 Å². The van der Waals surface area contributed by atoms with Gasteiger partial charge in [-0.1, -0.05) is 0 Å². The number of rotatable bonds is 4. The van der Waals surface area contributed by atoms with Gasteiger partial charge in [0.2, 0.25) is 0 Å². The third-order valence-electron chi connectivity index (χ3n) is 3.09. The summed E-state index contributed by atoms with van der Waals surface area (Å²) in [6, 6.07) is 6.50. The quantitative estimate of drug-likeness (QED) is 0.883. The van der Waals surface area contributed by atoms with Crippen molar-refractivity contribution in [3.8, 4) is 11.5 Å². The molecule has 1 aliphatic rings. The lowest BCUT2D eigenvalue weighted by molar-refractivity contribution is 0.355. The molecule has 0 aromatic heterocycles. The second-order valence-corrected chi connectivity index (χ2v) is 4.24. The second-order valence-electron chi connectivity index (χ2n) is 4.24. The second kappa shape index (κ2) is 7.34. The maximum absolute atomic E-state index is 5.29. The Bertz CT molecular complexity index is 368. The summed E-state index contributed by atoms with van der Waals surface area (Å²) in [6.45, 7) is 2.18. The minimum atomic E-state index is 0. The van der Waals surface area contributed by atoms with E-state index in [-0.39, 0.29) is 12.4 Å². The molecular weight excluding hydrogens is 252 g/mol. The fourth-order valence-electron chi connectivity index (χ4n) is 2.13. The molecule has 2 N–H and O–H groups in total. The van der Waals surface area contributed by atoms with Crippen molar-refractivity contribution in [2.24, 2.45) is 0 Å². The van der Waals surface area contributed by atoms with E-state index in [4.69, 9.17) is 9.47 Å². The average molecular weight is 273 g/mol. The van der Waals surface area contributed by atoms with Gasteiger partial charge >= 0.3 is 0 Å². The van der Waals surface area contributed by atoms with E-state index in [0.29, 0.717) is 6.04 Å². The van der Waals surface area contributed by atoms with E-state index >= 15 is 0 Å². The molecule has 1 aromatic rings. The van der Waals surface area contributed by atoms with Gasteiger partial charge in [-0.3, -0.25) is 0 Å². The van der Waals surface area contributed by atoms with E-state index in [9.17, 15) is 0 Å². The van der Waals surface area contributed by atoms with Gasteiger partial charge in [0.15, 0.2) is 11.5 Å². The van der Waals surface area contributed by atoms with Crippen LogP contribution in [0.3, 0.4) is 0 Å². The topological polar surface area (TPSA) is 42.5 Å². The molecule has 2 rings (SSSR count). The first-order valence-electron chi connectivity index (χ1n) is 6.03. The molecule has 0 saturated carbocycles. The number of hydrogen-bond acceptors (Lipinski definition) is 4. The molecule has 5 heteroatoms. The van der Waals surface area contributed by atoms with Crippen LogP contribution in [0, 0.1) is 0 Å². The number of hydrogen-bond donors (Lipinski definition) is 2. The summed E-state index contributed by atoms with van der Waals surface area (Å²) in [5.41, 5.74) is 1.09. The van der Waals surface area contributed by atoms with Crippen LogP contribution in [-0.2, 0) is 0 Å². The molecule has 0 aliphatic carbocycles. The number of nitrogens with one attached hydrogen (secondary N) is 2. The highest BCUT2D eigenvalue weighted by molar-refractivity contribution is 5.85. The molecule has 4 nitrogen and oxygen atoms in total. The molecule has 1 aliphatic heterocycles. The Hall–Kier alpha value is -1.13. The highest BCUT2D eigenvalue weighted by Gasteiger charge is 2.13. The monoisotopic (exact) mass is 272 g/mol. The molecule has 0 atom stereocenters. The molecular formula is C13H21ClN2O2. The van der Waals surface area contributed by atoms with Gasteiger partial charge in [-0.15, -0.1) is 12.4 Å². The summed E-state index contributed by atoms with van der Waals surface area (Å²) in [5.74, 6) is 1.54. The SMILES string of the molecule is COc1ccc(NC2CCNCC2)cc1OC.Cl. The van der Waals surface area contributed by atoms with E-state index in [0.717, 1.165) is 43.1 Å². The Balaban J connectivity index is 0.00000162. The highest BCUT2D eigenvalue weighted by atomic mass is 35.5. The van der Waals surface area contributed by atoms with Gasteiger partial charge < -0.3 is 20.1 Å². The fourth-order valence-corrected chi connectivity index (χ4v) is 2.13. The predicted octanol–water partition coefficient (Wildman–Crippen LogP) is 2.29. The summed E-state index contributed by atoms with van der Waals surface area (Å²) in [4.78, 5) is 0. The molecule has 1 heterocycles. The number of ether oxygens (including phenoxy) is 2. The van der Waals surface area contributed by atoms with Crippen LogP contribution < -0.4 is 20.1 Å². The minimum absolute atomic E-state index is 0. The molecule has 102 valence electrons. The highest BCUT2D eigenvalue weighted by Crippen LogP contribution is 2.30. The molecule has 18 heavy (non-hydrogen) atoms. The minimum Gasteiger partial charge on any atom is -0.493 e. The number of halogens is 1. The number of piperidine rings is 1. The molecule has 0 spiro atoms. The lowest BCUT2D eigenvalue weighted by Gasteiger charge is -2.25. The maximum atomic E-state index is 5.29. The van der Waals surface area contributed by atoms with Crippen LogP contribution in [0.25, 0.3) is 0 Å². The summed E-state index contributed by atoms with van der Waals surface area (Å²) in [7, 11) is 3.31. The summed E-state index contributed by atoms with van der Waals surface area (Å²) >= 11 is 0. The molecule has 0 radical (unpaired) electrons. The zero-order valence-electron chi connectivity index (χ0n) is 10.9. The Morgan fingerprint density at radius 3 is 2.39 bits per heavy atom. The summed E-state index contributed by atoms with van der Waals surface area (Å²) in [5, 5.41) is 6.89. The fraction of sp³-hybridized carbons (Fsp3) is 0.538. The van der Waals surface area contributed by atoms with Crippen molar-refractivity contribution >= 4 is 18.1 Å². The van der Waals surface area contributed by atoms with Gasteiger partial charge in [0.1, 0.15) is 0 Å². The molecule has 0 amide bonds. The molecule has 0 unspecified atom stereocenters. The Labute approximate surface area is 114 Å². The van der Waals surface area contributed by atoms with Crippen LogP contribution in [0.4, 0.5) is 5.69 Å². The van der Waals surface area contributed by atoms with Gasteiger partial charge in [0, 0.05) is 17.8 Å². The van der Waals surface area contributed by atoms with Crippen molar-refractivity contribution in [2.45, 2.75) is 18.9 Å². The van der Waals surface area contributed by atoms with E-state index in [1.807, 2.05) is 18.2 Å². The zero-order chi connectivity index (χ0) is 12.1. The molecule has 1 saturated heterocycles. The zero-order valence-corrected chi connectivity index (χ0v) is 11.7. The van der Waals surface area contributed by atoms with Crippen LogP contribution in [0.5, 0.6) is 11.5 Å². The van der Waals surface area contributed by atoms with Crippen molar-refractivity contribution in [3.63, 3.8) is 0 Å². The first kappa shape index (κ1) is 14.9. The van der Waals surface area contributed by atoms with Gasteiger partial charge in [-0.25, -0.2) is 0 Å². The standard InChI is InChI=1S/C13H20N2O2.ClH/c1-16-12-4-3-11(9-13(12)17-2)15-10-5-7-14-8-6-10;/h3-4,9-10,14-15H,5-8H2,1-2H3;1H. The molecule has 0 bridgehead atoms. The molecule has 1 fully saturated rings. The predicted molar refractivity (Wildman–Crippen MR) is 76.3 cm³/mol. The van der Waals surface area contributed by atoms with Crippen molar-refractivity contribution in [3.05, 3.63) is 18.2 Å². The van der Waals surface area contributed by atoms with E-state index in [2.05, 4.69) is 10.6 Å². The average Bonchev–Trinajstić information content (AvgIpc) is 2.40. The number of anilines is 1. The van der Waals surface area contributed by atoms with Gasteiger partial charge in [0.25, 0.3) is 0 Å². The van der Waals surface area contributed by atoms with E-state index in [1.54, 1.807) is 14.2 Å². The Morgan fingerprint density at radius 1 is 1.11 bits per heavy atom. The Kier molecular flexibility index (Phi) is 6.09. The third-order valence-corrected chi connectivity index (χ3v) is 3.09. The summed E-state index contributed by atoms with van der Waals surface area (Å²) < 4.78 is 10.5. The lowest BCUT2D eigenvalue weighted by Crippen LogP contribution is -2.35. The smallest absolute Gasteiger partial charge is 0.162 e. The van der Waals surface area contributed by atoms with Crippen molar-refractivity contribution in [1.29, 1.82) is 0 Å². The van der Waals surface area contributed by atoms with Crippen molar-refractivity contribution in [1.82, 2.24) is 5.32 Å². The van der Waals surface area contributed by atoms with Crippen LogP contribution in [0.1, 0.15) is 12.8 Å². The lowest BCUT2D eigenvalue weighted by atomic mass is 10.1. The van der Waals surface area contributed by atoms with Gasteiger partial charge in [0.05, 0.1) is 14.2 Å². The largest absolute Gasteiger partial charge is 0.493 e. The van der Waals surface area contributed by atoms with E-state index < -0.39 is 0 Å². The van der Waals surface area contributed by atoms with Crippen LogP contribution in [-0.4, -0.2) is 33.4 Å². The van der Waals surface area contributed by atoms with Crippen LogP contribution in [0.2, 0.25) is 0 Å². The number of benzene rings is 1. The van der Waals surface area contributed by atoms with Crippen LogP contribution in [0.15, 0.2) is 18.2 Å². The van der Waals surface area contributed by atoms with Gasteiger partial charge in [-0.05, 0) is 38.1 Å². The Morgan fingerprint density at radius 2 is 1.78 bits per heavy atom. The first-order chi connectivity index (χ1) is 8.33. The third kappa shape index (κ3) is 3.68. The van der Waals surface area contributed by atoms with Crippen LogP contribution >= 0.6 is 12.4 Å². The molecule has 1 aromatic carbocycles. The van der Waals surface area contributed by atoms with Crippen molar-refractivity contribution < 1.29 is 9.47 Å². The number of methoxy groups -OCH3 is 2. The van der Waals surface area contributed by atoms with Gasteiger partial charge in [-0.2, -0.15) is 0 Å². The normalized spacial score (nSPS) is 15.7. The first-order valence-corrected chi connectivity index (χ1v) is 6.03. The summed E-state index contributed by atoms with van der Waals surface area (Å²) in [6.07, 6.45) is 2.32. The maximum Gasteiger partial charge on any atom is 0.162 e.